The molecule has 0 spiro atoms. The molecular formula is C7H18O2. The molecule has 0 saturated heterocycles. The van der Waals surface area contributed by atoms with E-state index in [-0.39, 0.29) is 12.7 Å². The summed E-state index contributed by atoms with van der Waals surface area (Å²) in [5.41, 5.74) is 0. The minimum Gasteiger partial charge on any atom is -0.397 e. The van der Waals surface area contributed by atoms with Crippen LogP contribution in [0, 0.1) is 0 Å². The molecule has 0 aromatic carbocycles. The van der Waals surface area contributed by atoms with E-state index in [0.717, 1.165) is 12.8 Å². The lowest BCUT2D eigenvalue weighted by molar-refractivity contribution is 0.166. The summed E-state index contributed by atoms with van der Waals surface area (Å²) in [6.45, 7) is 5.89. The van der Waals surface area contributed by atoms with Gasteiger partial charge in [-0.15, -0.1) is 0 Å². The first-order valence-electron chi connectivity index (χ1n) is 3.51. The van der Waals surface area contributed by atoms with Gasteiger partial charge < -0.3 is 10.2 Å². The summed E-state index contributed by atoms with van der Waals surface area (Å²) in [6, 6.07) is 0. The molecule has 0 fully saturated rings. The van der Waals surface area contributed by atoms with E-state index in [1.54, 1.807) is 6.92 Å². The quantitative estimate of drug-likeness (QED) is 0.595. The van der Waals surface area contributed by atoms with Crippen molar-refractivity contribution in [2.75, 3.05) is 6.61 Å². The fourth-order valence-corrected chi connectivity index (χ4v) is 0.289. The Labute approximate surface area is 57.5 Å². The molecule has 2 heteroatoms. The third-order valence-electron chi connectivity index (χ3n) is 0.942. The van der Waals surface area contributed by atoms with Crippen LogP contribution >= 0.6 is 0 Å². The molecule has 0 aromatic heterocycles. The first kappa shape index (κ1) is 11.7. The fourth-order valence-electron chi connectivity index (χ4n) is 0.289. The lowest BCUT2D eigenvalue weighted by atomic mass is 10.2. The van der Waals surface area contributed by atoms with Crippen molar-refractivity contribution in [3.05, 3.63) is 0 Å². The summed E-state index contributed by atoms with van der Waals surface area (Å²) in [4.78, 5) is 0. The van der Waals surface area contributed by atoms with Crippen molar-refractivity contribution in [2.45, 2.75) is 39.7 Å². The maximum atomic E-state index is 8.67. The number of rotatable bonds is 2. The van der Waals surface area contributed by atoms with E-state index < -0.39 is 0 Å². The normalized spacial score (nSPS) is 8.67. The van der Waals surface area contributed by atoms with Gasteiger partial charge in [0.25, 0.3) is 0 Å². The van der Waals surface area contributed by atoms with Gasteiger partial charge in [-0.25, -0.2) is 0 Å². The second kappa shape index (κ2) is 10.8. The summed E-state index contributed by atoms with van der Waals surface area (Å²) in [6.07, 6.45) is 1.71. The molecule has 2 N–H and O–H groups in total. The molecule has 0 saturated carbocycles. The van der Waals surface area contributed by atoms with Gasteiger partial charge in [0, 0.05) is 6.61 Å². The topological polar surface area (TPSA) is 40.5 Å². The van der Waals surface area contributed by atoms with Crippen LogP contribution < -0.4 is 0 Å². The highest BCUT2D eigenvalue weighted by atomic mass is 16.3. The van der Waals surface area contributed by atoms with Crippen LogP contribution in [0.5, 0.6) is 0 Å². The zero-order valence-corrected chi connectivity index (χ0v) is 6.59. The molecule has 0 unspecified atom stereocenters. The fraction of sp³-hybridized carbons (Fsp3) is 1.00. The standard InChI is InChI=1S/C5H12O.C2H6O/c1-3-5(6)4-2;1-2-3/h5-6H,3-4H2,1-2H3;3H,2H2,1H3. The summed E-state index contributed by atoms with van der Waals surface area (Å²) < 4.78 is 0. The maximum absolute atomic E-state index is 8.67. The minimum atomic E-state index is -0.0648. The molecule has 0 rings (SSSR count). The second-order valence-corrected chi connectivity index (χ2v) is 1.79. The zero-order chi connectivity index (χ0) is 7.70. The first-order valence-corrected chi connectivity index (χ1v) is 3.51. The minimum absolute atomic E-state index is 0.0648. The van der Waals surface area contributed by atoms with Gasteiger partial charge >= 0.3 is 0 Å². The molecule has 58 valence electrons. The molecule has 0 aromatic rings. The third-order valence-corrected chi connectivity index (χ3v) is 0.942. The van der Waals surface area contributed by atoms with Crippen molar-refractivity contribution in [2.24, 2.45) is 0 Å². The molecule has 0 heterocycles. The van der Waals surface area contributed by atoms with Crippen molar-refractivity contribution >= 4 is 0 Å². The van der Waals surface area contributed by atoms with Gasteiger partial charge in [-0.05, 0) is 19.8 Å². The summed E-state index contributed by atoms with van der Waals surface area (Å²) in [5, 5.41) is 16.2. The molecule has 0 radical (unpaired) electrons. The highest BCUT2D eigenvalue weighted by Gasteiger charge is 1.90. The molecular weight excluding hydrogens is 116 g/mol. The van der Waals surface area contributed by atoms with E-state index in [1.807, 2.05) is 13.8 Å². The van der Waals surface area contributed by atoms with Crippen molar-refractivity contribution in [3.63, 3.8) is 0 Å². The Balaban J connectivity index is 0. The Hall–Kier alpha value is -0.0800. The van der Waals surface area contributed by atoms with E-state index in [1.165, 1.54) is 0 Å². The number of aliphatic hydroxyl groups excluding tert-OH is 2. The molecule has 9 heavy (non-hydrogen) atoms. The molecule has 0 aliphatic carbocycles. The Morgan fingerprint density at radius 1 is 1.11 bits per heavy atom. The lowest BCUT2D eigenvalue weighted by Crippen LogP contribution is -1.99. The third kappa shape index (κ3) is 18.1. The SMILES string of the molecule is CCC(O)CC.CCO. The van der Waals surface area contributed by atoms with E-state index in [2.05, 4.69) is 0 Å². The van der Waals surface area contributed by atoms with Crippen molar-refractivity contribution in [1.82, 2.24) is 0 Å². The smallest absolute Gasteiger partial charge is 0.0535 e. The number of hydrogen-bond acceptors (Lipinski definition) is 2. The van der Waals surface area contributed by atoms with Gasteiger partial charge in [0.15, 0.2) is 0 Å². The van der Waals surface area contributed by atoms with Crippen LogP contribution in [0.1, 0.15) is 33.6 Å². The highest BCUT2D eigenvalue weighted by Crippen LogP contribution is 1.91. The molecule has 0 atom stereocenters. The average molecular weight is 134 g/mol. The van der Waals surface area contributed by atoms with Crippen LogP contribution in [0.2, 0.25) is 0 Å². The van der Waals surface area contributed by atoms with E-state index in [4.69, 9.17) is 10.2 Å². The predicted octanol–water partition coefficient (Wildman–Crippen LogP) is 1.17. The molecule has 0 bridgehead atoms. The van der Waals surface area contributed by atoms with Crippen LogP contribution in [0.3, 0.4) is 0 Å². The Morgan fingerprint density at radius 2 is 1.33 bits per heavy atom. The van der Waals surface area contributed by atoms with Gasteiger partial charge in [-0.2, -0.15) is 0 Å². The van der Waals surface area contributed by atoms with E-state index >= 15 is 0 Å². The summed E-state index contributed by atoms with van der Waals surface area (Å²) >= 11 is 0. The van der Waals surface area contributed by atoms with Crippen molar-refractivity contribution in [3.8, 4) is 0 Å². The van der Waals surface area contributed by atoms with Gasteiger partial charge in [-0.3, -0.25) is 0 Å². The van der Waals surface area contributed by atoms with Crippen LogP contribution in [-0.2, 0) is 0 Å². The Kier molecular flexibility index (Phi) is 14.0. The average Bonchev–Trinajstić information content (AvgIpc) is 1.88. The molecule has 0 aliphatic rings. The Bertz CT molecular complexity index is 33.9. The van der Waals surface area contributed by atoms with Crippen LogP contribution in [0.4, 0.5) is 0 Å². The maximum Gasteiger partial charge on any atom is 0.0535 e. The van der Waals surface area contributed by atoms with Gasteiger partial charge in [0.05, 0.1) is 6.10 Å². The van der Waals surface area contributed by atoms with Crippen molar-refractivity contribution < 1.29 is 10.2 Å². The molecule has 0 aliphatic heterocycles. The summed E-state index contributed by atoms with van der Waals surface area (Å²) in [5.74, 6) is 0. The molecule has 2 nitrogen and oxygen atoms in total. The Morgan fingerprint density at radius 3 is 1.33 bits per heavy atom. The highest BCUT2D eigenvalue weighted by molar-refractivity contribution is 4.43. The number of aliphatic hydroxyl groups is 2. The van der Waals surface area contributed by atoms with Crippen LogP contribution in [0.15, 0.2) is 0 Å². The van der Waals surface area contributed by atoms with Crippen LogP contribution in [-0.4, -0.2) is 22.9 Å². The predicted molar refractivity (Wildman–Crippen MR) is 39.3 cm³/mol. The lowest BCUT2D eigenvalue weighted by Gasteiger charge is -1.98. The largest absolute Gasteiger partial charge is 0.397 e. The monoisotopic (exact) mass is 134 g/mol. The number of hydrogen-bond donors (Lipinski definition) is 2. The first-order chi connectivity index (χ1) is 4.22. The molecule has 0 amide bonds. The van der Waals surface area contributed by atoms with E-state index in [9.17, 15) is 0 Å². The zero-order valence-electron chi connectivity index (χ0n) is 6.59. The van der Waals surface area contributed by atoms with Crippen LogP contribution in [0.25, 0.3) is 0 Å². The summed E-state index contributed by atoms with van der Waals surface area (Å²) in [7, 11) is 0. The van der Waals surface area contributed by atoms with Crippen molar-refractivity contribution in [1.29, 1.82) is 0 Å². The van der Waals surface area contributed by atoms with Gasteiger partial charge in [0.2, 0.25) is 0 Å². The van der Waals surface area contributed by atoms with Gasteiger partial charge in [-0.1, -0.05) is 13.8 Å². The second-order valence-electron chi connectivity index (χ2n) is 1.79. The van der Waals surface area contributed by atoms with Gasteiger partial charge in [0.1, 0.15) is 0 Å². The van der Waals surface area contributed by atoms with E-state index in [0.29, 0.717) is 0 Å².